The summed E-state index contributed by atoms with van der Waals surface area (Å²) in [6.07, 6.45) is 6.52. The first-order chi connectivity index (χ1) is 16.3. The molecule has 0 bridgehead atoms. The molecule has 9 heteroatoms. The van der Waals surface area contributed by atoms with E-state index < -0.39 is 15.9 Å². The lowest BCUT2D eigenvalue weighted by molar-refractivity contribution is -0.114. The molecule has 0 radical (unpaired) electrons. The molecule has 0 aliphatic carbocycles. The first-order valence-corrected chi connectivity index (χ1v) is 13.0. The van der Waals surface area contributed by atoms with E-state index in [0.29, 0.717) is 17.6 Å². The highest BCUT2D eigenvalue weighted by atomic mass is 32.2. The van der Waals surface area contributed by atoms with Crippen LogP contribution in [0, 0.1) is 0 Å². The van der Waals surface area contributed by atoms with Crippen LogP contribution >= 0.6 is 0 Å². The third kappa shape index (κ3) is 6.22. The Balaban J connectivity index is 1.85. The highest BCUT2D eigenvalue weighted by molar-refractivity contribution is 7.90. The Labute approximate surface area is 201 Å². The molecule has 0 saturated heterocycles. The van der Waals surface area contributed by atoms with Gasteiger partial charge in [-0.25, -0.2) is 17.4 Å². The molecule has 0 aliphatic rings. The van der Waals surface area contributed by atoms with Crippen LogP contribution in [0.4, 0.5) is 5.95 Å². The maximum Gasteiger partial charge on any atom is 0.271 e. The lowest BCUT2D eigenvalue weighted by atomic mass is 9.95. The zero-order valence-corrected chi connectivity index (χ0v) is 20.7. The lowest BCUT2D eigenvalue weighted by Gasteiger charge is -2.13. The van der Waals surface area contributed by atoms with E-state index in [9.17, 15) is 13.2 Å². The molecule has 1 atom stereocenters. The molecular formula is C25H32N4O4S. The van der Waals surface area contributed by atoms with Gasteiger partial charge in [0.05, 0.1) is 15.9 Å². The number of nitrogens with one attached hydrogen (secondary N) is 1. The van der Waals surface area contributed by atoms with Gasteiger partial charge in [0, 0.05) is 13.1 Å². The molecule has 1 N–H and O–H groups in total. The molecular weight excluding hydrogens is 452 g/mol. The molecule has 0 fully saturated rings. The molecule has 1 unspecified atom stereocenters. The number of nitrogens with zero attached hydrogens (tertiary/aromatic N) is 3. The number of fused-ring (bicyclic) bond motifs is 1. The number of rotatable bonds is 12. The van der Waals surface area contributed by atoms with Gasteiger partial charge in [-0.05, 0) is 61.4 Å². The number of benzene rings is 2. The van der Waals surface area contributed by atoms with E-state index >= 15 is 0 Å². The van der Waals surface area contributed by atoms with E-state index in [2.05, 4.69) is 29.3 Å². The number of carbonyl (C=O) groups is 1. The minimum Gasteiger partial charge on any atom is -0.396 e. The zero-order valence-electron chi connectivity index (χ0n) is 19.9. The van der Waals surface area contributed by atoms with Crippen molar-refractivity contribution in [2.24, 2.45) is 5.16 Å². The number of aromatic nitrogens is 2. The summed E-state index contributed by atoms with van der Waals surface area (Å²) in [5, 5.41) is 6.54. The van der Waals surface area contributed by atoms with Crippen LogP contribution < -0.4 is 5.32 Å². The van der Waals surface area contributed by atoms with Gasteiger partial charge in [-0.15, -0.1) is 0 Å². The second-order valence-corrected chi connectivity index (χ2v) is 10.0. The van der Waals surface area contributed by atoms with Gasteiger partial charge in [0.1, 0.15) is 6.61 Å². The molecule has 3 aromatic rings. The molecule has 1 amide bonds. The Morgan fingerprint density at radius 2 is 1.97 bits per heavy atom. The molecule has 3 rings (SSSR count). The van der Waals surface area contributed by atoms with Gasteiger partial charge < -0.3 is 4.84 Å². The summed E-state index contributed by atoms with van der Waals surface area (Å²) < 4.78 is 28.1. The number of anilines is 1. The molecule has 0 saturated carbocycles. The largest absolute Gasteiger partial charge is 0.396 e. The zero-order chi connectivity index (χ0) is 24.6. The summed E-state index contributed by atoms with van der Waals surface area (Å²) >= 11 is 0. The van der Waals surface area contributed by atoms with E-state index in [-0.39, 0.29) is 16.8 Å². The van der Waals surface area contributed by atoms with Gasteiger partial charge in [0.15, 0.2) is 0 Å². The van der Waals surface area contributed by atoms with Gasteiger partial charge in [-0.1, -0.05) is 49.7 Å². The monoisotopic (exact) mass is 484 g/mol. The topological polar surface area (TPSA) is 103 Å². The van der Waals surface area contributed by atoms with Crippen LogP contribution in [0.15, 0.2) is 58.6 Å². The van der Waals surface area contributed by atoms with E-state index in [4.69, 9.17) is 4.84 Å². The quantitative estimate of drug-likeness (QED) is 0.213. The summed E-state index contributed by atoms with van der Waals surface area (Å²) in [6.45, 7) is 6.18. The van der Waals surface area contributed by atoms with Crippen molar-refractivity contribution in [3.8, 4) is 0 Å². The number of unbranched alkanes of at least 4 members (excludes halogenated alkanes) is 2. The Hall–Kier alpha value is -3.20. The van der Waals surface area contributed by atoms with Crippen LogP contribution in [0.1, 0.15) is 64.4 Å². The fourth-order valence-electron chi connectivity index (χ4n) is 3.60. The van der Waals surface area contributed by atoms with E-state index in [1.54, 1.807) is 30.5 Å². The van der Waals surface area contributed by atoms with Gasteiger partial charge in [-0.3, -0.25) is 10.1 Å². The normalized spacial score (nSPS) is 12.8. The second-order valence-electron chi connectivity index (χ2n) is 8.25. The summed E-state index contributed by atoms with van der Waals surface area (Å²) in [5.74, 6) is -0.213. The van der Waals surface area contributed by atoms with Gasteiger partial charge in [0.2, 0.25) is 11.9 Å². The van der Waals surface area contributed by atoms with Crippen molar-refractivity contribution in [3.63, 3.8) is 0 Å². The van der Waals surface area contributed by atoms with Crippen LogP contribution in [-0.4, -0.2) is 36.1 Å². The molecule has 0 aliphatic heterocycles. The van der Waals surface area contributed by atoms with Gasteiger partial charge in [0.25, 0.3) is 10.0 Å². The number of carbonyl (C=O) groups excluding carboxylic acids is 1. The van der Waals surface area contributed by atoms with Crippen molar-refractivity contribution in [1.29, 1.82) is 0 Å². The maximum atomic E-state index is 13.5. The summed E-state index contributed by atoms with van der Waals surface area (Å²) in [5.41, 5.74) is 1.93. The first kappa shape index (κ1) is 25.4. The number of hydrogen-bond donors (Lipinski definition) is 1. The van der Waals surface area contributed by atoms with Crippen molar-refractivity contribution in [2.45, 2.75) is 63.7 Å². The number of hydrogen-bond acceptors (Lipinski definition) is 6. The van der Waals surface area contributed by atoms with E-state index in [1.807, 2.05) is 12.1 Å². The van der Waals surface area contributed by atoms with Crippen LogP contribution in [0.3, 0.4) is 0 Å². The fraction of sp³-hybridized carbons (Fsp3) is 0.400. The smallest absolute Gasteiger partial charge is 0.271 e. The van der Waals surface area contributed by atoms with Crippen LogP contribution in [0.5, 0.6) is 0 Å². The van der Waals surface area contributed by atoms with Crippen molar-refractivity contribution in [2.75, 3.05) is 11.9 Å². The third-order valence-electron chi connectivity index (χ3n) is 5.48. The predicted octanol–water partition coefficient (Wildman–Crippen LogP) is 5.31. The number of imidazole rings is 1. The summed E-state index contributed by atoms with van der Waals surface area (Å²) in [7, 11) is -3.97. The first-order valence-electron chi connectivity index (χ1n) is 11.6. The Morgan fingerprint density at radius 1 is 1.21 bits per heavy atom. The molecule has 8 nitrogen and oxygen atoms in total. The Morgan fingerprint density at radius 3 is 2.68 bits per heavy atom. The van der Waals surface area contributed by atoms with Crippen LogP contribution in [0.25, 0.3) is 11.0 Å². The Bertz CT molecular complexity index is 1240. The molecule has 0 spiro atoms. The average molecular weight is 485 g/mol. The van der Waals surface area contributed by atoms with Crippen molar-refractivity contribution in [1.82, 2.24) is 8.96 Å². The molecule has 2 aromatic carbocycles. The number of amides is 1. The summed E-state index contributed by atoms with van der Waals surface area (Å²) in [6, 6.07) is 13.7. The van der Waals surface area contributed by atoms with Crippen LogP contribution in [0.2, 0.25) is 0 Å². The van der Waals surface area contributed by atoms with Crippen molar-refractivity contribution in [3.05, 3.63) is 54.1 Å². The van der Waals surface area contributed by atoms with Crippen LogP contribution in [-0.2, 0) is 19.7 Å². The highest BCUT2D eigenvalue weighted by Crippen LogP contribution is 2.30. The predicted molar refractivity (Wildman–Crippen MR) is 135 cm³/mol. The van der Waals surface area contributed by atoms with Gasteiger partial charge >= 0.3 is 0 Å². The van der Waals surface area contributed by atoms with Gasteiger partial charge in [-0.2, -0.15) is 0 Å². The Kier molecular flexibility index (Phi) is 8.81. The molecule has 1 heterocycles. The lowest BCUT2D eigenvalue weighted by Crippen LogP contribution is -2.18. The van der Waals surface area contributed by atoms with Crippen molar-refractivity contribution < 1.29 is 18.0 Å². The van der Waals surface area contributed by atoms with E-state index in [1.165, 1.54) is 19.1 Å². The molecule has 34 heavy (non-hydrogen) atoms. The highest BCUT2D eigenvalue weighted by Gasteiger charge is 2.25. The third-order valence-corrected chi connectivity index (χ3v) is 7.20. The fourth-order valence-corrected chi connectivity index (χ4v) is 5.04. The van der Waals surface area contributed by atoms with Crippen molar-refractivity contribution >= 4 is 39.1 Å². The van der Waals surface area contributed by atoms with E-state index in [0.717, 1.165) is 41.6 Å². The average Bonchev–Trinajstić information content (AvgIpc) is 3.18. The molecule has 182 valence electrons. The minimum atomic E-state index is -3.97. The summed E-state index contributed by atoms with van der Waals surface area (Å²) in [4.78, 5) is 21.5. The molecule has 1 aromatic heterocycles. The standard InChI is InChI=1S/C25H32N4O4S/c1-4-5-17-33-26-16-10-9-11-19(2)21-14-15-23-24(18-21)29(25(28-23)27-20(3)30)34(31,32)22-12-7-6-8-13-22/h6-8,12-16,18-19H,4-5,9-11,17H2,1-3H3,(H,27,28,30). The minimum absolute atomic E-state index is 0.0181. The second kappa shape index (κ2) is 11.8. The SMILES string of the molecule is CCCCON=CCCCC(C)c1ccc2nc(NC(C)=O)n(S(=O)(=O)c3ccccc3)c2c1. The maximum absolute atomic E-state index is 13.5. The number of oxime groups is 1.